The smallest absolute Gasteiger partial charge is 0.251 e. The molecule has 144 valence electrons. The van der Waals surface area contributed by atoms with Crippen molar-refractivity contribution in [1.82, 2.24) is 0 Å². The van der Waals surface area contributed by atoms with Crippen LogP contribution in [0, 0.1) is 5.92 Å². The van der Waals surface area contributed by atoms with Crippen LogP contribution in [0.1, 0.15) is 49.1 Å². The molecule has 1 aliphatic carbocycles. The van der Waals surface area contributed by atoms with E-state index >= 15 is 0 Å². The van der Waals surface area contributed by atoms with Crippen molar-refractivity contribution in [3.8, 4) is 11.1 Å². The molecule has 3 rings (SSSR count). The molecular weight excluding hydrogens is 352 g/mol. The summed E-state index contributed by atoms with van der Waals surface area (Å²) >= 11 is 0. The number of alkyl halides is 4. The van der Waals surface area contributed by atoms with Gasteiger partial charge in [0.25, 0.3) is 0 Å². The molecule has 0 atom stereocenters. The van der Waals surface area contributed by atoms with Gasteiger partial charge in [-0.3, -0.25) is 4.39 Å². The average molecular weight is 376 g/mol. The van der Waals surface area contributed by atoms with Crippen LogP contribution in [0.25, 0.3) is 11.1 Å². The lowest BCUT2D eigenvalue weighted by molar-refractivity contribution is -0.137. The van der Waals surface area contributed by atoms with Crippen LogP contribution in [0.15, 0.2) is 60.7 Å². The number of halogens is 4. The lowest BCUT2D eigenvalue weighted by atomic mass is 9.78. The Balaban J connectivity index is 1.61. The van der Waals surface area contributed by atoms with Crippen molar-refractivity contribution in [3.63, 3.8) is 0 Å². The van der Waals surface area contributed by atoms with Crippen LogP contribution in [-0.4, -0.2) is 6.67 Å². The van der Waals surface area contributed by atoms with Gasteiger partial charge in [-0.2, -0.15) is 13.2 Å². The van der Waals surface area contributed by atoms with Crippen molar-refractivity contribution in [2.75, 3.05) is 6.67 Å². The molecule has 2 aromatic carbocycles. The third-order valence-corrected chi connectivity index (χ3v) is 5.38. The lowest BCUT2D eigenvalue weighted by Crippen LogP contribution is -2.11. The third kappa shape index (κ3) is 5.21. The Morgan fingerprint density at radius 3 is 1.89 bits per heavy atom. The first-order valence-electron chi connectivity index (χ1n) is 9.47. The van der Waals surface area contributed by atoms with Gasteiger partial charge in [0.05, 0.1) is 12.2 Å². The van der Waals surface area contributed by atoms with Crippen molar-refractivity contribution in [2.24, 2.45) is 5.92 Å². The molecule has 0 bridgehead atoms. The van der Waals surface area contributed by atoms with Crippen LogP contribution in [0.5, 0.6) is 0 Å². The standard InChI is InChI=1S/C23H24F4/c24-16-2-1-3-17-4-6-18(7-5-17)19-8-10-20(11-9-19)21-12-14-22(15-13-21)23(25,26)27/h1,3,8-15,17-18H,2,4-7,16H2/b3-1+. The molecule has 0 aliphatic heterocycles. The van der Waals surface area contributed by atoms with Crippen LogP contribution in [0.2, 0.25) is 0 Å². The van der Waals surface area contributed by atoms with E-state index in [1.165, 1.54) is 17.7 Å². The predicted octanol–water partition coefficient (Wildman–Crippen LogP) is 7.56. The van der Waals surface area contributed by atoms with E-state index in [1.807, 2.05) is 18.2 Å². The third-order valence-electron chi connectivity index (χ3n) is 5.38. The summed E-state index contributed by atoms with van der Waals surface area (Å²) in [5, 5.41) is 0. The van der Waals surface area contributed by atoms with Gasteiger partial charge >= 0.3 is 6.18 Å². The fraction of sp³-hybridized carbons (Fsp3) is 0.391. The Morgan fingerprint density at radius 2 is 1.37 bits per heavy atom. The molecule has 0 saturated heterocycles. The Labute approximate surface area is 157 Å². The molecule has 0 amide bonds. The second-order valence-electron chi connectivity index (χ2n) is 7.21. The molecule has 0 aromatic heterocycles. The van der Waals surface area contributed by atoms with E-state index in [2.05, 4.69) is 18.2 Å². The molecule has 1 saturated carbocycles. The highest BCUT2D eigenvalue weighted by Crippen LogP contribution is 2.37. The molecule has 1 aliphatic rings. The Bertz CT molecular complexity index is 733. The molecule has 2 aromatic rings. The quantitative estimate of drug-likeness (QED) is 0.373. The van der Waals surface area contributed by atoms with Gasteiger partial charge in [0, 0.05) is 0 Å². The SMILES string of the molecule is FCC/C=C/C1CCC(c2ccc(-c3ccc(C(F)(F)F)cc3)cc2)CC1. The number of hydrogen-bond donors (Lipinski definition) is 0. The summed E-state index contributed by atoms with van der Waals surface area (Å²) in [7, 11) is 0. The molecule has 0 unspecified atom stereocenters. The summed E-state index contributed by atoms with van der Waals surface area (Å²) in [6, 6.07) is 13.5. The van der Waals surface area contributed by atoms with Gasteiger partial charge in [-0.05, 0) is 72.8 Å². The summed E-state index contributed by atoms with van der Waals surface area (Å²) in [6.45, 7) is -0.295. The van der Waals surface area contributed by atoms with Gasteiger partial charge in [-0.1, -0.05) is 48.6 Å². The van der Waals surface area contributed by atoms with Crippen LogP contribution in [-0.2, 0) is 6.18 Å². The molecule has 0 N–H and O–H groups in total. The van der Waals surface area contributed by atoms with E-state index < -0.39 is 11.7 Å². The maximum absolute atomic E-state index is 12.7. The van der Waals surface area contributed by atoms with E-state index in [1.54, 1.807) is 0 Å². The first-order chi connectivity index (χ1) is 13.0. The number of rotatable bonds is 5. The summed E-state index contributed by atoms with van der Waals surface area (Å²) < 4.78 is 50.2. The Hall–Kier alpha value is -2.10. The van der Waals surface area contributed by atoms with Gasteiger partial charge < -0.3 is 0 Å². The highest BCUT2D eigenvalue weighted by molar-refractivity contribution is 5.64. The van der Waals surface area contributed by atoms with Crippen molar-refractivity contribution in [1.29, 1.82) is 0 Å². The summed E-state index contributed by atoms with van der Waals surface area (Å²) in [4.78, 5) is 0. The number of hydrogen-bond acceptors (Lipinski definition) is 0. The topological polar surface area (TPSA) is 0 Å². The van der Waals surface area contributed by atoms with Crippen molar-refractivity contribution in [2.45, 2.75) is 44.2 Å². The molecular formula is C23H24F4. The zero-order chi connectivity index (χ0) is 19.3. The van der Waals surface area contributed by atoms with Gasteiger partial charge in [0.15, 0.2) is 0 Å². The number of benzene rings is 2. The maximum Gasteiger partial charge on any atom is 0.416 e. The van der Waals surface area contributed by atoms with Gasteiger partial charge in [0.1, 0.15) is 0 Å². The van der Waals surface area contributed by atoms with Crippen molar-refractivity contribution < 1.29 is 17.6 Å². The monoisotopic (exact) mass is 376 g/mol. The largest absolute Gasteiger partial charge is 0.416 e. The first kappa shape index (κ1) is 19.7. The van der Waals surface area contributed by atoms with E-state index in [-0.39, 0.29) is 6.67 Å². The van der Waals surface area contributed by atoms with Gasteiger partial charge in [-0.15, -0.1) is 0 Å². The lowest BCUT2D eigenvalue weighted by Gasteiger charge is -2.27. The molecule has 4 heteroatoms. The summed E-state index contributed by atoms with van der Waals surface area (Å²) in [5.41, 5.74) is 2.38. The highest BCUT2D eigenvalue weighted by Gasteiger charge is 2.30. The Morgan fingerprint density at radius 1 is 0.815 bits per heavy atom. The predicted molar refractivity (Wildman–Crippen MR) is 101 cm³/mol. The molecule has 1 fully saturated rings. The van der Waals surface area contributed by atoms with E-state index in [4.69, 9.17) is 0 Å². The molecule has 0 heterocycles. The zero-order valence-electron chi connectivity index (χ0n) is 15.2. The van der Waals surface area contributed by atoms with Crippen LogP contribution >= 0.6 is 0 Å². The van der Waals surface area contributed by atoms with E-state index in [0.29, 0.717) is 18.3 Å². The first-order valence-corrected chi connectivity index (χ1v) is 9.47. The second-order valence-corrected chi connectivity index (χ2v) is 7.21. The highest BCUT2D eigenvalue weighted by atomic mass is 19.4. The number of allylic oxidation sites excluding steroid dienone is 2. The molecule has 0 radical (unpaired) electrons. The molecule has 0 spiro atoms. The van der Waals surface area contributed by atoms with Crippen LogP contribution < -0.4 is 0 Å². The summed E-state index contributed by atoms with van der Waals surface area (Å²) in [5.74, 6) is 1.08. The second kappa shape index (κ2) is 8.73. The molecule has 0 nitrogen and oxygen atoms in total. The minimum absolute atomic E-state index is 0.295. The average Bonchev–Trinajstić information content (AvgIpc) is 2.68. The zero-order valence-corrected chi connectivity index (χ0v) is 15.2. The maximum atomic E-state index is 12.7. The summed E-state index contributed by atoms with van der Waals surface area (Å²) in [6.07, 6.45) is 4.78. The van der Waals surface area contributed by atoms with Gasteiger partial charge in [-0.25, -0.2) is 0 Å². The minimum Gasteiger partial charge on any atom is -0.251 e. The van der Waals surface area contributed by atoms with Crippen LogP contribution in [0.3, 0.4) is 0 Å². The van der Waals surface area contributed by atoms with Gasteiger partial charge in [0.2, 0.25) is 0 Å². The molecule has 27 heavy (non-hydrogen) atoms. The minimum atomic E-state index is -4.30. The van der Waals surface area contributed by atoms with E-state index in [9.17, 15) is 17.6 Å². The van der Waals surface area contributed by atoms with E-state index in [0.717, 1.165) is 48.9 Å². The van der Waals surface area contributed by atoms with Crippen molar-refractivity contribution >= 4 is 0 Å². The van der Waals surface area contributed by atoms with Crippen LogP contribution in [0.4, 0.5) is 17.6 Å². The Kier molecular flexibility index (Phi) is 6.35. The fourth-order valence-electron chi connectivity index (χ4n) is 3.80. The van der Waals surface area contributed by atoms with Crippen molar-refractivity contribution in [3.05, 3.63) is 71.8 Å². The normalized spacial score (nSPS) is 20.9. The fourth-order valence-corrected chi connectivity index (χ4v) is 3.80.